The lowest BCUT2D eigenvalue weighted by molar-refractivity contribution is 0.175. The number of nitrogens with one attached hydrogen (secondary N) is 1. The van der Waals surface area contributed by atoms with Crippen LogP contribution in [0.4, 0.5) is 0 Å². The molecule has 0 aromatic carbocycles. The van der Waals surface area contributed by atoms with E-state index in [1.54, 1.807) is 11.3 Å². The summed E-state index contributed by atoms with van der Waals surface area (Å²) in [5, 5.41) is 17.0. The minimum atomic E-state index is -0.352. The van der Waals surface area contributed by atoms with Gasteiger partial charge < -0.3 is 10.4 Å². The zero-order valence-corrected chi connectivity index (χ0v) is 10.4. The summed E-state index contributed by atoms with van der Waals surface area (Å²) >= 11 is 1.63. The lowest BCUT2D eigenvalue weighted by Crippen LogP contribution is -2.22. The maximum atomic E-state index is 9.76. The van der Waals surface area contributed by atoms with Crippen LogP contribution in [0.15, 0.2) is 16.8 Å². The molecule has 0 aliphatic rings. The summed E-state index contributed by atoms with van der Waals surface area (Å²) in [6.45, 7) is 6.13. The normalized spacial score (nSPS) is 13.3. The molecule has 0 saturated carbocycles. The van der Waals surface area contributed by atoms with E-state index in [1.165, 1.54) is 12.8 Å². The van der Waals surface area contributed by atoms with Crippen LogP contribution in [0, 0.1) is 5.92 Å². The molecule has 0 saturated heterocycles. The van der Waals surface area contributed by atoms with E-state index in [0.717, 1.165) is 18.0 Å². The monoisotopic (exact) mass is 227 g/mol. The fraction of sp³-hybridized carbons (Fsp3) is 0.667. The highest BCUT2D eigenvalue weighted by Crippen LogP contribution is 2.15. The summed E-state index contributed by atoms with van der Waals surface area (Å²) in [5.74, 6) is 0.772. The Bertz CT molecular complexity index is 246. The van der Waals surface area contributed by atoms with E-state index in [4.69, 9.17) is 0 Å². The molecule has 0 aliphatic heterocycles. The van der Waals surface area contributed by atoms with Gasteiger partial charge in [-0.2, -0.15) is 11.3 Å². The van der Waals surface area contributed by atoms with Gasteiger partial charge >= 0.3 is 0 Å². The van der Waals surface area contributed by atoms with Crippen LogP contribution in [-0.4, -0.2) is 18.2 Å². The first-order valence-corrected chi connectivity index (χ1v) is 6.55. The van der Waals surface area contributed by atoms with Crippen LogP contribution < -0.4 is 5.32 Å². The minimum Gasteiger partial charge on any atom is -0.387 e. The van der Waals surface area contributed by atoms with Crippen molar-refractivity contribution in [1.29, 1.82) is 0 Å². The van der Waals surface area contributed by atoms with E-state index >= 15 is 0 Å². The van der Waals surface area contributed by atoms with Gasteiger partial charge in [0.2, 0.25) is 0 Å². The molecule has 0 amide bonds. The molecule has 1 aromatic rings. The van der Waals surface area contributed by atoms with Crippen molar-refractivity contribution in [1.82, 2.24) is 5.32 Å². The highest BCUT2D eigenvalue weighted by Gasteiger charge is 2.06. The second-order valence-electron chi connectivity index (χ2n) is 4.31. The Morgan fingerprint density at radius 2 is 2.27 bits per heavy atom. The highest BCUT2D eigenvalue weighted by molar-refractivity contribution is 7.07. The van der Waals surface area contributed by atoms with Gasteiger partial charge in [-0.1, -0.05) is 13.8 Å². The summed E-state index contributed by atoms with van der Waals surface area (Å²) in [7, 11) is 0. The number of aliphatic hydroxyl groups is 1. The Kier molecular flexibility index (Phi) is 5.91. The van der Waals surface area contributed by atoms with Crippen molar-refractivity contribution >= 4 is 11.3 Å². The minimum absolute atomic E-state index is 0.352. The van der Waals surface area contributed by atoms with E-state index in [-0.39, 0.29) is 6.10 Å². The summed E-state index contributed by atoms with van der Waals surface area (Å²) < 4.78 is 0. The van der Waals surface area contributed by atoms with Gasteiger partial charge in [0.1, 0.15) is 0 Å². The van der Waals surface area contributed by atoms with Gasteiger partial charge in [-0.05, 0) is 47.7 Å². The van der Waals surface area contributed by atoms with E-state index in [0.29, 0.717) is 6.54 Å². The van der Waals surface area contributed by atoms with Crippen molar-refractivity contribution in [2.45, 2.75) is 32.8 Å². The molecule has 1 rings (SSSR count). The molecule has 2 nitrogen and oxygen atoms in total. The molecule has 0 bridgehead atoms. The quantitative estimate of drug-likeness (QED) is 0.702. The zero-order valence-electron chi connectivity index (χ0n) is 9.57. The Morgan fingerprint density at radius 1 is 1.47 bits per heavy atom. The predicted molar refractivity (Wildman–Crippen MR) is 66.2 cm³/mol. The number of thiophene rings is 1. The predicted octanol–water partition coefficient (Wildman–Crippen LogP) is 2.81. The molecule has 86 valence electrons. The second-order valence-corrected chi connectivity index (χ2v) is 5.09. The Labute approximate surface area is 96.3 Å². The van der Waals surface area contributed by atoms with Crippen LogP contribution in [-0.2, 0) is 0 Å². The van der Waals surface area contributed by atoms with Gasteiger partial charge in [0.25, 0.3) is 0 Å². The largest absolute Gasteiger partial charge is 0.387 e. The van der Waals surface area contributed by atoms with Crippen molar-refractivity contribution in [3.8, 4) is 0 Å². The number of hydrogen-bond acceptors (Lipinski definition) is 3. The topological polar surface area (TPSA) is 32.3 Å². The first-order valence-electron chi connectivity index (χ1n) is 5.61. The van der Waals surface area contributed by atoms with E-state index < -0.39 is 0 Å². The highest BCUT2D eigenvalue weighted by atomic mass is 32.1. The van der Waals surface area contributed by atoms with Gasteiger partial charge in [-0.3, -0.25) is 0 Å². The Morgan fingerprint density at radius 3 is 2.87 bits per heavy atom. The third-order valence-corrected chi connectivity index (χ3v) is 3.10. The first kappa shape index (κ1) is 12.7. The van der Waals surface area contributed by atoms with Crippen molar-refractivity contribution in [3.05, 3.63) is 22.4 Å². The molecule has 1 aromatic heterocycles. The maximum absolute atomic E-state index is 9.76. The van der Waals surface area contributed by atoms with Crippen LogP contribution in [0.5, 0.6) is 0 Å². The standard InChI is InChI=1S/C12H21NOS/c1-10(2)4-3-6-13-8-12(14)11-5-7-15-9-11/h5,7,9-10,12-14H,3-4,6,8H2,1-2H3. The summed E-state index contributed by atoms with van der Waals surface area (Å²) in [4.78, 5) is 0. The lowest BCUT2D eigenvalue weighted by Gasteiger charge is -2.10. The summed E-state index contributed by atoms with van der Waals surface area (Å²) in [6.07, 6.45) is 2.09. The van der Waals surface area contributed by atoms with Gasteiger partial charge in [-0.15, -0.1) is 0 Å². The van der Waals surface area contributed by atoms with E-state index in [2.05, 4.69) is 19.2 Å². The summed E-state index contributed by atoms with van der Waals surface area (Å²) in [6, 6.07) is 1.98. The van der Waals surface area contributed by atoms with Gasteiger partial charge in [0.15, 0.2) is 0 Å². The zero-order chi connectivity index (χ0) is 11.1. The average Bonchev–Trinajstić information content (AvgIpc) is 2.69. The van der Waals surface area contributed by atoms with Crippen molar-refractivity contribution in [2.75, 3.05) is 13.1 Å². The molecule has 15 heavy (non-hydrogen) atoms. The molecule has 3 heteroatoms. The molecule has 2 N–H and O–H groups in total. The average molecular weight is 227 g/mol. The second kappa shape index (κ2) is 6.99. The number of aliphatic hydroxyl groups excluding tert-OH is 1. The van der Waals surface area contributed by atoms with Gasteiger partial charge in [-0.25, -0.2) is 0 Å². The third kappa shape index (κ3) is 5.30. The molecule has 1 heterocycles. The van der Waals surface area contributed by atoms with E-state index in [1.807, 2.05) is 16.8 Å². The van der Waals surface area contributed by atoms with Crippen LogP contribution >= 0.6 is 11.3 Å². The van der Waals surface area contributed by atoms with Crippen molar-refractivity contribution < 1.29 is 5.11 Å². The summed E-state index contributed by atoms with van der Waals surface area (Å²) in [5.41, 5.74) is 1.02. The van der Waals surface area contributed by atoms with Gasteiger partial charge in [0, 0.05) is 6.54 Å². The molecule has 0 aliphatic carbocycles. The fourth-order valence-corrected chi connectivity index (χ4v) is 2.16. The first-order chi connectivity index (χ1) is 7.20. The number of hydrogen-bond donors (Lipinski definition) is 2. The smallest absolute Gasteiger partial charge is 0.0922 e. The molecular formula is C12H21NOS. The number of rotatable bonds is 7. The van der Waals surface area contributed by atoms with Gasteiger partial charge in [0.05, 0.1) is 6.10 Å². The molecule has 1 unspecified atom stereocenters. The SMILES string of the molecule is CC(C)CCCNCC(O)c1ccsc1. The molecule has 1 atom stereocenters. The Balaban J connectivity index is 2.05. The van der Waals surface area contributed by atoms with Crippen LogP contribution in [0.3, 0.4) is 0 Å². The molecular weight excluding hydrogens is 206 g/mol. The maximum Gasteiger partial charge on any atom is 0.0922 e. The van der Waals surface area contributed by atoms with Crippen molar-refractivity contribution in [3.63, 3.8) is 0 Å². The fourth-order valence-electron chi connectivity index (χ4n) is 1.46. The molecule has 0 spiro atoms. The third-order valence-electron chi connectivity index (χ3n) is 2.40. The van der Waals surface area contributed by atoms with E-state index in [9.17, 15) is 5.11 Å². The Hall–Kier alpha value is -0.380. The van der Waals surface area contributed by atoms with Crippen LogP contribution in [0.25, 0.3) is 0 Å². The van der Waals surface area contributed by atoms with Crippen LogP contribution in [0.2, 0.25) is 0 Å². The molecule has 0 radical (unpaired) electrons. The molecule has 0 fully saturated rings. The van der Waals surface area contributed by atoms with Crippen LogP contribution in [0.1, 0.15) is 38.4 Å². The lowest BCUT2D eigenvalue weighted by atomic mass is 10.1. The van der Waals surface area contributed by atoms with Crippen molar-refractivity contribution in [2.24, 2.45) is 5.92 Å².